The molecule has 7 heteroatoms. The van der Waals surface area contributed by atoms with E-state index in [1.54, 1.807) is 0 Å². The predicted molar refractivity (Wildman–Crippen MR) is 122 cm³/mol. The molecule has 3 aromatic rings. The summed E-state index contributed by atoms with van der Waals surface area (Å²) in [4.78, 5) is 19.3. The summed E-state index contributed by atoms with van der Waals surface area (Å²) in [6.45, 7) is 5.53. The van der Waals surface area contributed by atoms with Crippen LogP contribution in [0.25, 0.3) is 11.4 Å². The summed E-state index contributed by atoms with van der Waals surface area (Å²) in [5, 5.41) is 7.20. The summed E-state index contributed by atoms with van der Waals surface area (Å²) in [7, 11) is 0. The van der Waals surface area contributed by atoms with E-state index in [2.05, 4.69) is 44.6 Å². The van der Waals surface area contributed by atoms with Gasteiger partial charge in [-0.1, -0.05) is 35.5 Å². The van der Waals surface area contributed by atoms with Gasteiger partial charge < -0.3 is 14.6 Å². The zero-order valence-electron chi connectivity index (χ0n) is 18.5. The van der Waals surface area contributed by atoms with Crippen LogP contribution in [-0.2, 0) is 17.8 Å². The second kappa shape index (κ2) is 10.9. The van der Waals surface area contributed by atoms with Gasteiger partial charge in [-0.15, -0.1) is 0 Å². The SMILES string of the molecule is CCOc1ccc(-c2noc(CCC(=O)NC3CCN(Cc4ccccc4)CC3)n2)cc1. The molecule has 1 aliphatic rings. The van der Waals surface area contributed by atoms with Crippen molar-refractivity contribution in [3.05, 3.63) is 66.1 Å². The molecule has 7 nitrogen and oxygen atoms in total. The highest BCUT2D eigenvalue weighted by atomic mass is 16.5. The lowest BCUT2D eigenvalue weighted by Gasteiger charge is -2.32. The average molecular weight is 435 g/mol. The van der Waals surface area contributed by atoms with Crippen LogP contribution in [0.2, 0.25) is 0 Å². The Morgan fingerprint density at radius 1 is 1.12 bits per heavy atom. The van der Waals surface area contributed by atoms with Gasteiger partial charge >= 0.3 is 0 Å². The third kappa shape index (κ3) is 6.17. The molecule has 1 aliphatic heterocycles. The topological polar surface area (TPSA) is 80.5 Å². The molecule has 2 aromatic carbocycles. The Morgan fingerprint density at radius 2 is 1.88 bits per heavy atom. The van der Waals surface area contributed by atoms with Gasteiger partial charge in [0.2, 0.25) is 17.6 Å². The van der Waals surface area contributed by atoms with Gasteiger partial charge in [0.05, 0.1) is 6.61 Å². The molecule has 0 bridgehead atoms. The molecule has 4 rings (SSSR count). The van der Waals surface area contributed by atoms with Crippen molar-refractivity contribution in [2.45, 2.75) is 45.2 Å². The van der Waals surface area contributed by atoms with Gasteiger partial charge in [0.25, 0.3) is 0 Å². The predicted octanol–water partition coefficient (Wildman–Crippen LogP) is 3.85. The fourth-order valence-corrected chi connectivity index (χ4v) is 3.94. The number of nitrogens with zero attached hydrogens (tertiary/aromatic N) is 3. The molecule has 1 aromatic heterocycles. The monoisotopic (exact) mass is 434 g/mol. The summed E-state index contributed by atoms with van der Waals surface area (Å²) < 4.78 is 10.8. The minimum absolute atomic E-state index is 0.0346. The number of ether oxygens (including phenoxy) is 1. The van der Waals surface area contributed by atoms with Crippen molar-refractivity contribution in [1.82, 2.24) is 20.4 Å². The van der Waals surface area contributed by atoms with E-state index in [0.717, 1.165) is 43.8 Å². The molecule has 0 unspecified atom stereocenters. The molecular formula is C25H30N4O3. The number of likely N-dealkylation sites (tertiary alicyclic amines) is 1. The highest BCUT2D eigenvalue weighted by Crippen LogP contribution is 2.20. The number of carbonyl (C=O) groups is 1. The van der Waals surface area contributed by atoms with E-state index in [9.17, 15) is 4.79 Å². The van der Waals surface area contributed by atoms with Crippen molar-refractivity contribution < 1.29 is 14.1 Å². The van der Waals surface area contributed by atoms with E-state index >= 15 is 0 Å². The maximum atomic E-state index is 12.4. The Morgan fingerprint density at radius 3 is 2.59 bits per heavy atom. The van der Waals surface area contributed by atoms with Crippen LogP contribution in [0, 0.1) is 0 Å². The first-order valence-electron chi connectivity index (χ1n) is 11.3. The lowest BCUT2D eigenvalue weighted by molar-refractivity contribution is -0.122. The van der Waals surface area contributed by atoms with Gasteiger partial charge in [0.1, 0.15) is 5.75 Å². The average Bonchev–Trinajstić information content (AvgIpc) is 3.30. The standard InChI is InChI=1S/C25H30N4O3/c1-2-31-22-10-8-20(9-11-22)25-27-24(32-28-25)13-12-23(30)26-21-14-16-29(17-15-21)18-19-6-4-3-5-7-19/h3-11,21H,2,12-18H2,1H3,(H,26,30). The Kier molecular flexibility index (Phi) is 7.51. The van der Waals surface area contributed by atoms with Gasteiger partial charge in [-0.25, -0.2) is 0 Å². The summed E-state index contributed by atoms with van der Waals surface area (Å²) in [6, 6.07) is 18.3. The number of piperidine rings is 1. The van der Waals surface area contributed by atoms with Crippen LogP contribution >= 0.6 is 0 Å². The lowest BCUT2D eigenvalue weighted by atomic mass is 10.0. The fourth-order valence-electron chi connectivity index (χ4n) is 3.94. The molecule has 32 heavy (non-hydrogen) atoms. The third-order valence-electron chi connectivity index (χ3n) is 5.66. The summed E-state index contributed by atoms with van der Waals surface area (Å²) >= 11 is 0. The molecule has 0 radical (unpaired) electrons. The summed E-state index contributed by atoms with van der Waals surface area (Å²) in [5.74, 6) is 1.84. The molecule has 0 aliphatic carbocycles. The minimum atomic E-state index is 0.0346. The van der Waals surface area contributed by atoms with E-state index in [4.69, 9.17) is 9.26 Å². The number of hydrogen-bond donors (Lipinski definition) is 1. The maximum Gasteiger partial charge on any atom is 0.227 e. The molecular weight excluding hydrogens is 404 g/mol. The second-order valence-corrected chi connectivity index (χ2v) is 8.07. The number of amides is 1. The number of aryl methyl sites for hydroxylation is 1. The Balaban J connectivity index is 1.19. The van der Waals surface area contributed by atoms with Gasteiger partial charge in [-0.3, -0.25) is 9.69 Å². The molecule has 0 saturated carbocycles. The molecule has 0 atom stereocenters. The summed E-state index contributed by atoms with van der Waals surface area (Å²) in [6.07, 6.45) is 2.72. The number of aromatic nitrogens is 2. The van der Waals surface area contributed by atoms with Crippen LogP contribution in [0.4, 0.5) is 0 Å². The van der Waals surface area contributed by atoms with Crippen molar-refractivity contribution in [2.75, 3.05) is 19.7 Å². The maximum absolute atomic E-state index is 12.4. The molecule has 0 spiro atoms. The first-order valence-corrected chi connectivity index (χ1v) is 11.3. The van der Waals surface area contributed by atoms with Crippen LogP contribution in [0.5, 0.6) is 5.75 Å². The number of nitrogens with one attached hydrogen (secondary N) is 1. The highest BCUT2D eigenvalue weighted by molar-refractivity contribution is 5.76. The van der Waals surface area contributed by atoms with E-state index in [-0.39, 0.29) is 11.9 Å². The van der Waals surface area contributed by atoms with E-state index < -0.39 is 0 Å². The van der Waals surface area contributed by atoms with Gasteiger partial charge in [-0.2, -0.15) is 4.98 Å². The zero-order valence-corrected chi connectivity index (χ0v) is 18.5. The molecule has 168 valence electrons. The zero-order chi connectivity index (χ0) is 22.2. The largest absolute Gasteiger partial charge is 0.494 e. The number of carbonyl (C=O) groups excluding carboxylic acids is 1. The minimum Gasteiger partial charge on any atom is -0.494 e. The third-order valence-corrected chi connectivity index (χ3v) is 5.66. The van der Waals surface area contributed by atoms with Crippen LogP contribution in [0.3, 0.4) is 0 Å². The number of hydrogen-bond acceptors (Lipinski definition) is 6. The highest BCUT2D eigenvalue weighted by Gasteiger charge is 2.21. The van der Waals surface area contributed by atoms with Gasteiger partial charge in [-0.05, 0) is 49.6 Å². The second-order valence-electron chi connectivity index (χ2n) is 8.07. The molecule has 1 saturated heterocycles. The van der Waals surface area contributed by atoms with Crippen LogP contribution < -0.4 is 10.1 Å². The Labute approximate surface area is 188 Å². The Hall–Kier alpha value is -3.19. The van der Waals surface area contributed by atoms with Gasteiger partial charge in [0, 0.05) is 44.1 Å². The number of benzene rings is 2. The fraction of sp³-hybridized carbons (Fsp3) is 0.400. The molecule has 1 fully saturated rings. The van der Waals surface area contributed by atoms with Crippen LogP contribution in [0.1, 0.15) is 37.6 Å². The van der Waals surface area contributed by atoms with Crippen LogP contribution in [0.15, 0.2) is 59.1 Å². The molecule has 2 heterocycles. The van der Waals surface area contributed by atoms with E-state index in [1.807, 2.05) is 37.3 Å². The van der Waals surface area contributed by atoms with Gasteiger partial charge in [0.15, 0.2) is 0 Å². The first kappa shape index (κ1) is 22.0. The van der Waals surface area contributed by atoms with E-state index in [1.165, 1.54) is 5.56 Å². The van der Waals surface area contributed by atoms with Crippen molar-refractivity contribution >= 4 is 5.91 Å². The van der Waals surface area contributed by atoms with Crippen molar-refractivity contribution in [2.24, 2.45) is 0 Å². The molecule has 1 N–H and O–H groups in total. The number of rotatable bonds is 9. The molecule has 1 amide bonds. The van der Waals surface area contributed by atoms with Crippen molar-refractivity contribution in [3.63, 3.8) is 0 Å². The smallest absolute Gasteiger partial charge is 0.227 e. The quantitative estimate of drug-likeness (QED) is 0.551. The summed E-state index contributed by atoms with van der Waals surface area (Å²) in [5.41, 5.74) is 2.19. The Bertz CT molecular complexity index is 980. The first-order chi connectivity index (χ1) is 15.7. The van der Waals surface area contributed by atoms with Crippen molar-refractivity contribution in [3.8, 4) is 17.1 Å². The lowest BCUT2D eigenvalue weighted by Crippen LogP contribution is -2.44. The van der Waals surface area contributed by atoms with E-state index in [0.29, 0.717) is 31.2 Å². The van der Waals surface area contributed by atoms with Crippen molar-refractivity contribution in [1.29, 1.82) is 0 Å². The normalized spacial score (nSPS) is 14.9. The van der Waals surface area contributed by atoms with Crippen LogP contribution in [-0.4, -0.2) is 46.7 Å².